The second-order valence-electron chi connectivity index (χ2n) is 8.48. The Hall–Kier alpha value is -3.26. The highest BCUT2D eigenvalue weighted by atomic mass is 15.2. The Bertz CT molecular complexity index is 1250. The van der Waals surface area contributed by atoms with Gasteiger partial charge in [-0.3, -0.25) is 0 Å². The molecule has 3 aromatic heterocycles. The largest absolute Gasteiger partial charge is 0.368 e. The van der Waals surface area contributed by atoms with E-state index in [0.29, 0.717) is 12.0 Å². The molecule has 1 saturated heterocycles. The second-order valence-corrected chi connectivity index (χ2v) is 8.48. The maximum absolute atomic E-state index is 4.87. The fraction of sp³-hybridized carbons (Fsp3) is 0.391. The van der Waals surface area contributed by atoms with Gasteiger partial charge in [-0.05, 0) is 51.0 Å². The lowest BCUT2D eigenvalue weighted by Gasteiger charge is -2.30. The number of pyridine rings is 1. The Balaban J connectivity index is 1.51. The van der Waals surface area contributed by atoms with Gasteiger partial charge in [0.2, 0.25) is 5.95 Å². The highest BCUT2D eigenvalue weighted by Gasteiger charge is 2.16. The molecule has 0 radical (unpaired) electrons. The van der Waals surface area contributed by atoms with E-state index in [0.717, 1.165) is 59.5 Å². The SMILES string of the molecule is Cc1cc(Nc2ncc3c(C)cc4ncn(C(C)C)c4c3n2)ncc1N1CCNCC1. The van der Waals surface area contributed by atoms with Gasteiger partial charge in [-0.2, -0.15) is 0 Å². The zero-order valence-electron chi connectivity index (χ0n) is 18.5. The minimum absolute atomic E-state index is 0.295. The molecule has 0 unspecified atom stereocenters. The smallest absolute Gasteiger partial charge is 0.228 e. The van der Waals surface area contributed by atoms with Crippen LogP contribution in [0.4, 0.5) is 17.5 Å². The highest BCUT2D eigenvalue weighted by molar-refractivity contribution is 6.03. The first-order valence-corrected chi connectivity index (χ1v) is 10.8. The summed E-state index contributed by atoms with van der Waals surface area (Å²) in [4.78, 5) is 21.0. The third-order valence-electron chi connectivity index (χ3n) is 5.95. The molecule has 8 nitrogen and oxygen atoms in total. The Morgan fingerprint density at radius 3 is 2.55 bits per heavy atom. The first-order valence-electron chi connectivity index (χ1n) is 10.8. The highest BCUT2D eigenvalue weighted by Crippen LogP contribution is 2.29. The Morgan fingerprint density at radius 2 is 1.81 bits per heavy atom. The molecule has 8 heteroatoms. The summed E-state index contributed by atoms with van der Waals surface area (Å²) < 4.78 is 2.17. The van der Waals surface area contributed by atoms with Crippen LogP contribution in [-0.2, 0) is 0 Å². The van der Waals surface area contributed by atoms with Crippen molar-refractivity contribution in [2.75, 3.05) is 36.4 Å². The summed E-state index contributed by atoms with van der Waals surface area (Å²) >= 11 is 0. The molecule has 0 bridgehead atoms. The van der Waals surface area contributed by atoms with Crippen LogP contribution in [0.5, 0.6) is 0 Å². The molecule has 1 fully saturated rings. The normalized spacial score (nSPS) is 14.7. The van der Waals surface area contributed by atoms with Crippen molar-refractivity contribution in [2.45, 2.75) is 33.7 Å². The van der Waals surface area contributed by atoms with Gasteiger partial charge in [0.1, 0.15) is 11.3 Å². The number of hydrogen-bond acceptors (Lipinski definition) is 7. The quantitative estimate of drug-likeness (QED) is 0.524. The number of hydrogen-bond donors (Lipinski definition) is 2. The predicted octanol–water partition coefficient (Wildman–Crippen LogP) is 3.73. The van der Waals surface area contributed by atoms with E-state index in [-0.39, 0.29) is 0 Å². The van der Waals surface area contributed by atoms with Gasteiger partial charge in [0.05, 0.1) is 29.2 Å². The van der Waals surface area contributed by atoms with Crippen molar-refractivity contribution in [3.05, 3.63) is 42.0 Å². The number of imidazole rings is 1. The molecule has 5 rings (SSSR count). The third-order valence-corrected chi connectivity index (χ3v) is 5.95. The molecule has 0 saturated carbocycles. The van der Waals surface area contributed by atoms with Crippen LogP contribution in [0.25, 0.3) is 21.9 Å². The molecule has 4 heterocycles. The van der Waals surface area contributed by atoms with Crippen molar-refractivity contribution >= 4 is 39.4 Å². The topological polar surface area (TPSA) is 83.8 Å². The van der Waals surface area contributed by atoms with Crippen molar-refractivity contribution < 1.29 is 0 Å². The maximum Gasteiger partial charge on any atom is 0.228 e. The van der Waals surface area contributed by atoms with E-state index in [1.807, 2.05) is 18.7 Å². The van der Waals surface area contributed by atoms with Gasteiger partial charge in [-0.25, -0.2) is 19.9 Å². The van der Waals surface area contributed by atoms with Crippen LogP contribution in [0.2, 0.25) is 0 Å². The van der Waals surface area contributed by atoms with E-state index in [1.54, 1.807) is 0 Å². The Kier molecular flexibility index (Phi) is 4.94. The van der Waals surface area contributed by atoms with E-state index in [4.69, 9.17) is 4.98 Å². The summed E-state index contributed by atoms with van der Waals surface area (Å²) in [5.74, 6) is 1.29. The summed E-state index contributed by atoms with van der Waals surface area (Å²) in [6.07, 6.45) is 5.72. The minimum Gasteiger partial charge on any atom is -0.368 e. The molecular weight excluding hydrogens is 388 g/mol. The zero-order chi connectivity index (χ0) is 21.5. The summed E-state index contributed by atoms with van der Waals surface area (Å²) in [5.41, 5.74) is 6.41. The maximum atomic E-state index is 4.87. The number of benzene rings is 1. The average Bonchev–Trinajstić information content (AvgIpc) is 3.19. The van der Waals surface area contributed by atoms with Crippen molar-refractivity contribution in [1.82, 2.24) is 29.8 Å². The molecule has 160 valence electrons. The lowest BCUT2D eigenvalue weighted by molar-refractivity contribution is 0.588. The molecule has 0 amide bonds. The number of nitrogens with zero attached hydrogens (tertiary/aromatic N) is 6. The van der Waals surface area contributed by atoms with Crippen LogP contribution in [0.15, 0.2) is 30.9 Å². The molecule has 0 spiro atoms. The van der Waals surface area contributed by atoms with Gasteiger partial charge in [0.25, 0.3) is 0 Å². The fourth-order valence-corrected chi connectivity index (χ4v) is 4.28. The molecule has 31 heavy (non-hydrogen) atoms. The van der Waals surface area contributed by atoms with Gasteiger partial charge < -0.3 is 20.1 Å². The van der Waals surface area contributed by atoms with Gasteiger partial charge in [0, 0.05) is 43.8 Å². The lowest BCUT2D eigenvalue weighted by Crippen LogP contribution is -2.43. The van der Waals surface area contributed by atoms with Crippen molar-refractivity contribution in [1.29, 1.82) is 0 Å². The van der Waals surface area contributed by atoms with Crippen LogP contribution in [0, 0.1) is 13.8 Å². The standard InChI is InChI=1S/C23H28N8/c1-14(2)31-13-27-18-9-15(3)17-11-26-23(29-21(17)22(18)31)28-20-10-16(4)19(12-25-20)30-7-5-24-6-8-30/h9-14,24H,5-8H2,1-4H3,(H,25,26,28,29). The number of piperazine rings is 1. The van der Waals surface area contributed by atoms with E-state index < -0.39 is 0 Å². The van der Waals surface area contributed by atoms with Crippen LogP contribution in [0.1, 0.15) is 31.0 Å². The summed E-state index contributed by atoms with van der Waals surface area (Å²) in [5, 5.41) is 7.73. The number of anilines is 3. The van der Waals surface area contributed by atoms with E-state index in [9.17, 15) is 0 Å². The van der Waals surface area contributed by atoms with Gasteiger partial charge in [-0.15, -0.1) is 0 Å². The molecule has 1 aliphatic heterocycles. The Morgan fingerprint density at radius 1 is 1.00 bits per heavy atom. The van der Waals surface area contributed by atoms with Gasteiger partial charge >= 0.3 is 0 Å². The summed E-state index contributed by atoms with van der Waals surface area (Å²) in [7, 11) is 0. The van der Waals surface area contributed by atoms with E-state index in [1.165, 1.54) is 11.3 Å². The molecule has 1 aromatic carbocycles. The van der Waals surface area contributed by atoms with Gasteiger partial charge in [0.15, 0.2) is 0 Å². The number of fused-ring (bicyclic) bond motifs is 3. The first-order chi connectivity index (χ1) is 15.0. The number of rotatable bonds is 4. The second kappa shape index (κ2) is 7.77. The van der Waals surface area contributed by atoms with E-state index >= 15 is 0 Å². The van der Waals surface area contributed by atoms with Crippen molar-refractivity contribution in [3.8, 4) is 0 Å². The van der Waals surface area contributed by atoms with E-state index in [2.05, 4.69) is 74.9 Å². The van der Waals surface area contributed by atoms with Crippen LogP contribution >= 0.6 is 0 Å². The molecular formula is C23H28N8. The molecule has 0 atom stereocenters. The minimum atomic E-state index is 0.295. The van der Waals surface area contributed by atoms with Crippen molar-refractivity contribution in [3.63, 3.8) is 0 Å². The number of nitrogens with one attached hydrogen (secondary N) is 2. The Labute approximate surface area is 181 Å². The van der Waals surface area contributed by atoms with Crippen molar-refractivity contribution in [2.24, 2.45) is 0 Å². The lowest BCUT2D eigenvalue weighted by atomic mass is 10.1. The number of aromatic nitrogens is 5. The van der Waals surface area contributed by atoms with Crippen LogP contribution in [-0.4, -0.2) is 50.7 Å². The van der Waals surface area contributed by atoms with Gasteiger partial charge in [-0.1, -0.05) is 0 Å². The summed E-state index contributed by atoms with van der Waals surface area (Å²) in [6.45, 7) is 12.5. The average molecular weight is 417 g/mol. The molecule has 1 aliphatic rings. The number of aryl methyl sites for hydroxylation is 2. The fourth-order valence-electron chi connectivity index (χ4n) is 4.28. The summed E-state index contributed by atoms with van der Waals surface area (Å²) in [6, 6.07) is 4.46. The van der Waals surface area contributed by atoms with Crippen LogP contribution in [0.3, 0.4) is 0 Å². The van der Waals surface area contributed by atoms with Crippen LogP contribution < -0.4 is 15.5 Å². The molecule has 2 N–H and O–H groups in total. The first kappa shape index (κ1) is 19.7. The molecule has 4 aromatic rings. The monoisotopic (exact) mass is 416 g/mol. The molecule has 0 aliphatic carbocycles. The third kappa shape index (κ3) is 3.57. The predicted molar refractivity (Wildman–Crippen MR) is 125 cm³/mol. The zero-order valence-corrected chi connectivity index (χ0v) is 18.5.